The lowest BCUT2D eigenvalue weighted by atomic mass is 10.1. The fraction of sp³-hybridized carbons (Fsp3) is 0.421. The van der Waals surface area contributed by atoms with E-state index in [-0.39, 0.29) is 30.3 Å². The fourth-order valence-corrected chi connectivity index (χ4v) is 3.70. The lowest BCUT2D eigenvalue weighted by Crippen LogP contribution is -2.49. The summed E-state index contributed by atoms with van der Waals surface area (Å²) >= 11 is 0. The number of aromatic nitrogens is 3. The Hall–Kier alpha value is -2.67. The molecular weight excluding hydrogens is 332 g/mol. The van der Waals surface area contributed by atoms with Crippen LogP contribution in [0.2, 0.25) is 0 Å². The molecule has 1 aromatic carbocycles. The average Bonchev–Trinajstić information content (AvgIpc) is 2.92. The van der Waals surface area contributed by atoms with Crippen molar-refractivity contribution in [1.82, 2.24) is 19.1 Å². The van der Waals surface area contributed by atoms with Crippen molar-refractivity contribution in [2.45, 2.75) is 39.5 Å². The molecule has 2 atom stereocenters. The van der Waals surface area contributed by atoms with Gasteiger partial charge in [-0.2, -0.15) is 0 Å². The van der Waals surface area contributed by atoms with E-state index in [2.05, 4.69) is 5.10 Å². The van der Waals surface area contributed by atoms with Gasteiger partial charge in [-0.3, -0.25) is 4.79 Å². The van der Waals surface area contributed by atoms with Gasteiger partial charge in [-0.1, -0.05) is 18.2 Å². The highest BCUT2D eigenvalue weighted by Gasteiger charge is 2.26. The molecule has 0 N–H and O–H groups in total. The Morgan fingerprint density at radius 1 is 1.23 bits per heavy atom. The lowest BCUT2D eigenvalue weighted by Gasteiger charge is -2.35. The number of morpholine rings is 1. The molecule has 1 aliphatic rings. The molecule has 1 amide bonds. The van der Waals surface area contributed by atoms with Gasteiger partial charge in [-0.15, -0.1) is 5.10 Å². The van der Waals surface area contributed by atoms with Gasteiger partial charge in [0, 0.05) is 13.1 Å². The number of nitrogens with zero attached hydrogens (tertiary/aromatic N) is 4. The van der Waals surface area contributed by atoms with E-state index in [0.29, 0.717) is 18.7 Å². The molecule has 4 rings (SSSR count). The molecule has 0 bridgehead atoms. The van der Waals surface area contributed by atoms with Crippen LogP contribution < -0.4 is 5.69 Å². The average molecular weight is 354 g/mol. The zero-order valence-electron chi connectivity index (χ0n) is 15.2. The Kier molecular flexibility index (Phi) is 4.03. The summed E-state index contributed by atoms with van der Waals surface area (Å²) < 4.78 is 8.52. The third-order valence-corrected chi connectivity index (χ3v) is 4.80. The van der Waals surface area contributed by atoms with Crippen LogP contribution in [-0.4, -0.2) is 50.3 Å². The van der Waals surface area contributed by atoms with Crippen molar-refractivity contribution in [2.24, 2.45) is 0 Å². The summed E-state index contributed by atoms with van der Waals surface area (Å²) in [6.07, 6.45) is -0.0154. The minimum absolute atomic E-state index is 0.00770. The van der Waals surface area contributed by atoms with Crippen LogP contribution in [0.1, 0.15) is 19.4 Å². The van der Waals surface area contributed by atoms with E-state index in [1.165, 1.54) is 4.68 Å². The second kappa shape index (κ2) is 6.25. The number of rotatable bonds is 2. The summed E-state index contributed by atoms with van der Waals surface area (Å²) in [5.74, 6) is -0.112. The number of para-hydroxylation sites is 1. The maximum atomic E-state index is 12.9. The van der Waals surface area contributed by atoms with Gasteiger partial charge in [0.05, 0.1) is 17.7 Å². The van der Waals surface area contributed by atoms with Crippen LogP contribution in [0.3, 0.4) is 0 Å². The van der Waals surface area contributed by atoms with Crippen LogP contribution in [0.15, 0.2) is 35.1 Å². The van der Waals surface area contributed by atoms with Crippen molar-refractivity contribution in [3.8, 4) is 0 Å². The highest BCUT2D eigenvalue weighted by atomic mass is 16.5. The predicted octanol–water partition coefficient (Wildman–Crippen LogP) is 1.59. The highest BCUT2D eigenvalue weighted by molar-refractivity contribution is 5.83. The molecule has 1 saturated heterocycles. The largest absolute Gasteiger partial charge is 0.372 e. The first-order valence-corrected chi connectivity index (χ1v) is 8.85. The number of carbonyl (C=O) groups is 1. The van der Waals surface area contributed by atoms with Crippen molar-refractivity contribution < 1.29 is 9.53 Å². The lowest BCUT2D eigenvalue weighted by molar-refractivity contribution is -0.144. The number of amides is 1. The van der Waals surface area contributed by atoms with Gasteiger partial charge in [0.2, 0.25) is 5.91 Å². The summed E-state index contributed by atoms with van der Waals surface area (Å²) in [5, 5.41) is 5.40. The Morgan fingerprint density at radius 2 is 1.92 bits per heavy atom. The van der Waals surface area contributed by atoms with E-state index in [9.17, 15) is 9.59 Å². The molecule has 3 heterocycles. The predicted molar refractivity (Wildman–Crippen MR) is 98.3 cm³/mol. The van der Waals surface area contributed by atoms with E-state index in [4.69, 9.17) is 4.74 Å². The van der Waals surface area contributed by atoms with Crippen LogP contribution in [0.4, 0.5) is 0 Å². The number of hydrogen-bond acceptors (Lipinski definition) is 4. The van der Waals surface area contributed by atoms with Crippen LogP contribution in [0.25, 0.3) is 16.6 Å². The normalized spacial score (nSPS) is 20.8. The zero-order valence-corrected chi connectivity index (χ0v) is 15.2. The fourth-order valence-electron chi connectivity index (χ4n) is 3.70. The first-order chi connectivity index (χ1) is 12.4. The summed E-state index contributed by atoms with van der Waals surface area (Å²) in [4.78, 5) is 27.4. The number of carbonyl (C=O) groups excluding carboxylic acids is 1. The van der Waals surface area contributed by atoms with Gasteiger partial charge in [-0.25, -0.2) is 13.9 Å². The van der Waals surface area contributed by atoms with Crippen molar-refractivity contribution >= 4 is 22.5 Å². The minimum Gasteiger partial charge on any atom is -0.372 e. The van der Waals surface area contributed by atoms with Gasteiger partial charge in [0.1, 0.15) is 6.54 Å². The van der Waals surface area contributed by atoms with E-state index in [1.54, 1.807) is 9.30 Å². The van der Waals surface area contributed by atoms with Crippen molar-refractivity contribution in [2.75, 3.05) is 13.1 Å². The molecule has 0 saturated carbocycles. The monoisotopic (exact) mass is 354 g/mol. The SMILES string of the molecule is Cc1cc2ccccc2n2c(=O)n(CC(=O)N3C[C@@H](C)O[C@@H](C)C3)nc12. The minimum atomic E-state index is -0.289. The molecule has 0 radical (unpaired) electrons. The van der Waals surface area contributed by atoms with Gasteiger partial charge in [0.25, 0.3) is 0 Å². The second-order valence-electron chi connectivity index (χ2n) is 7.04. The third kappa shape index (κ3) is 2.78. The summed E-state index contributed by atoms with van der Waals surface area (Å²) in [5.41, 5.74) is 2.00. The van der Waals surface area contributed by atoms with E-state index < -0.39 is 0 Å². The summed E-state index contributed by atoms with van der Waals surface area (Å²) in [7, 11) is 0. The molecule has 0 aliphatic carbocycles. The quantitative estimate of drug-likeness (QED) is 0.701. The molecule has 7 heteroatoms. The first-order valence-electron chi connectivity index (χ1n) is 8.85. The number of fused-ring (bicyclic) bond motifs is 3. The van der Waals surface area contributed by atoms with E-state index in [0.717, 1.165) is 16.5 Å². The maximum absolute atomic E-state index is 12.9. The molecule has 0 unspecified atom stereocenters. The number of ether oxygens (including phenoxy) is 1. The standard InChI is InChI=1S/C19H22N4O3/c1-12-8-15-6-4-5-7-16(15)23-18(12)20-22(19(23)25)11-17(24)21-9-13(2)26-14(3)10-21/h4-8,13-14H,9-11H2,1-3H3/t13-,14+. The Labute approximate surface area is 150 Å². The molecule has 2 aromatic heterocycles. The van der Waals surface area contributed by atoms with E-state index in [1.807, 2.05) is 51.1 Å². The highest BCUT2D eigenvalue weighted by Crippen LogP contribution is 2.18. The second-order valence-corrected chi connectivity index (χ2v) is 7.04. The molecule has 0 spiro atoms. The van der Waals surface area contributed by atoms with Gasteiger partial charge in [-0.05, 0) is 43.9 Å². The molecular formula is C19H22N4O3. The summed E-state index contributed by atoms with van der Waals surface area (Å²) in [6.45, 7) is 6.82. The number of hydrogen-bond donors (Lipinski definition) is 0. The topological polar surface area (TPSA) is 68.8 Å². The molecule has 26 heavy (non-hydrogen) atoms. The Balaban J connectivity index is 1.72. The van der Waals surface area contributed by atoms with E-state index >= 15 is 0 Å². The third-order valence-electron chi connectivity index (χ3n) is 4.80. The number of benzene rings is 1. The van der Waals surface area contributed by atoms with Crippen molar-refractivity contribution in [3.05, 3.63) is 46.4 Å². The molecule has 3 aromatic rings. The van der Waals surface area contributed by atoms with Crippen LogP contribution in [0.5, 0.6) is 0 Å². The number of pyridine rings is 1. The van der Waals surface area contributed by atoms with Crippen molar-refractivity contribution in [1.29, 1.82) is 0 Å². The van der Waals surface area contributed by atoms with Crippen LogP contribution >= 0.6 is 0 Å². The molecule has 7 nitrogen and oxygen atoms in total. The van der Waals surface area contributed by atoms with Gasteiger partial charge in [0.15, 0.2) is 5.65 Å². The first kappa shape index (κ1) is 16.8. The maximum Gasteiger partial charge on any atom is 0.351 e. The van der Waals surface area contributed by atoms with Gasteiger partial charge >= 0.3 is 5.69 Å². The Morgan fingerprint density at radius 3 is 2.65 bits per heavy atom. The summed E-state index contributed by atoms with van der Waals surface area (Å²) in [6, 6.07) is 9.69. The molecule has 1 fully saturated rings. The molecule has 1 aliphatic heterocycles. The zero-order chi connectivity index (χ0) is 18.4. The van der Waals surface area contributed by atoms with Crippen LogP contribution in [0, 0.1) is 6.92 Å². The van der Waals surface area contributed by atoms with Crippen molar-refractivity contribution in [3.63, 3.8) is 0 Å². The van der Waals surface area contributed by atoms with Crippen LogP contribution in [-0.2, 0) is 16.1 Å². The smallest absolute Gasteiger partial charge is 0.351 e. The molecule has 136 valence electrons. The Bertz CT molecular complexity index is 1040. The van der Waals surface area contributed by atoms with Gasteiger partial charge < -0.3 is 9.64 Å². The number of aryl methyl sites for hydroxylation is 1.